The van der Waals surface area contributed by atoms with Gasteiger partial charge in [0.15, 0.2) is 0 Å². The number of benzene rings is 1. The number of halogens is 1. The van der Waals surface area contributed by atoms with Crippen LogP contribution in [0.5, 0.6) is 0 Å². The molecule has 0 radical (unpaired) electrons. The average Bonchev–Trinajstić information content (AvgIpc) is 2.69. The molecule has 0 fully saturated rings. The molecule has 0 bridgehead atoms. The van der Waals surface area contributed by atoms with E-state index in [0.717, 1.165) is 4.88 Å². The first-order valence-electron chi connectivity index (χ1n) is 4.23. The Hall–Kier alpha value is -1.24. The Bertz CT molecular complexity index is 461. The van der Waals surface area contributed by atoms with Crippen LogP contribution in [0, 0.1) is 5.82 Å². The van der Waals surface area contributed by atoms with E-state index in [1.807, 2.05) is 0 Å². The van der Waals surface area contributed by atoms with Crippen LogP contribution in [0.15, 0.2) is 29.9 Å². The highest BCUT2D eigenvalue weighted by molar-refractivity contribution is 7.13. The van der Waals surface area contributed by atoms with Crippen LogP contribution in [0.1, 0.15) is 0 Å². The quantitative estimate of drug-likeness (QED) is 0.734. The van der Waals surface area contributed by atoms with Gasteiger partial charge >= 0.3 is 7.12 Å². The lowest BCUT2D eigenvalue weighted by molar-refractivity contribution is 0.423. The van der Waals surface area contributed by atoms with Gasteiger partial charge in [-0.2, -0.15) is 0 Å². The topological polar surface area (TPSA) is 53.4 Å². The third kappa shape index (κ3) is 2.06. The van der Waals surface area contributed by atoms with Gasteiger partial charge in [-0.3, -0.25) is 4.98 Å². The summed E-state index contributed by atoms with van der Waals surface area (Å²) in [7, 11) is -1.78. The summed E-state index contributed by atoms with van der Waals surface area (Å²) >= 11 is 1.40. The molecule has 1 aromatic heterocycles. The fraction of sp³-hybridized carbons (Fsp3) is 0. The van der Waals surface area contributed by atoms with Crippen LogP contribution in [0.3, 0.4) is 0 Å². The summed E-state index contributed by atoms with van der Waals surface area (Å²) in [6, 6.07) is 4.25. The first-order valence-corrected chi connectivity index (χ1v) is 5.11. The van der Waals surface area contributed by atoms with Crippen LogP contribution in [0.25, 0.3) is 10.4 Å². The van der Waals surface area contributed by atoms with E-state index in [1.165, 1.54) is 23.5 Å². The number of nitrogens with zero attached hydrogens (tertiary/aromatic N) is 1. The molecule has 3 nitrogen and oxygen atoms in total. The molecule has 0 unspecified atom stereocenters. The summed E-state index contributed by atoms with van der Waals surface area (Å²) < 4.78 is 13.4. The van der Waals surface area contributed by atoms with Crippen LogP contribution < -0.4 is 5.46 Å². The van der Waals surface area contributed by atoms with Gasteiger partial charge in [0.05, 0.1) is 10.4 Å². The van der Waals surface area contributed by atoms with E-state index in [2.05, 4.69) is 4.98 Å². The first kappa shape index (κ1) is 10.3. The maximum absolute atomic E-state index is 13.4. The fourth-order valence-corrected chi connectivity index (χ4v) is 1.87. The molecule has 0 amide bonds. The van der Waals surface area contributed by atoms with Crippen molar-refractivity contribution in [3.05, 3.63) is 35.7 Å². The molecule has 15 heavy (non-hydrogen) atoms. The van der Waals surface area contributed by atoms with Crippen LogP contribution in [0.4, 0.5) is 4.39 Å². The maximum Gasteiger partial charge on any atom is 0.491 e. The first-order chi connectivity index (χ1) is 7.18. The van der Waals surface area contributed by atoms with Crippen molar-refractivity contribution in [3.63, 3.8) is 0 Å². The summed E-state index contributed by atoms with van der Waals surface area (Å²) in [4.78, 5) is 4.72. The summed E-state index contributed by atoms with van der Waals surface area (Å²) in [6.07, 6.45) is 1.63. The summed E-state index contributed by atoms with van der Waals surface area (Å²) in [5.74, 6) is -0.629. The number of hydrogen-bond donors (Lipinski definition) is 2. The number of rotatable bonds is 2. The van der Waals surface area contributed by atoms with Gasteiger partial charge in [0.2, 0.25) is 0 Å². The Morgan fingerprint density at radius 3 is 2.67 bits per heavy atom. The monoisotopic (exact) mass is 223 g/mol. The number of hydrogen-bond acceptors (Lipinski definition) is 4. The van der Waals surface area contributed by atoms with E-state index >= 15 is 0 Å². The average molecular weight is 223 g/mol. The third-order valence-electron chi connectivity index (χ3n) is 2.00. The highest BCUT2D eigenvalue weighted by Crippen LogP contribution is 2.22. The lowest BCUT2D eigenvalue weighted by Crippen LogP contribution is -2.32. The number of aromatic nitrogens is 1. The molecule has 0 saturated heterocycles. The minimum atomic E-state index is -1.78. The van der Waals surface area contributed by atoms with Crippen LogP contribution >= 0.6 is 11.3 Å². The molecule has 76 valence electrons. The molecule has 6 heteroatoms. The lowest BCUT2D eigenvalue weighted by atomic mass is 9.79. The van der Waals surface area contributed by atoms with E-state index in [1.54, 1.807) is 17.8 Å². The van der Waals surface area contributed by atoms with Gasteiger partial charge in [-0.1, -0.05) is 12.1 Å². The zero-order valence-corrected chi connectivity index (χ0v) is 8.41. The standard InChI is InChI=1S/C9H7BFNO2S/c11-8-3-6(9-4-12-5-15-9)1-2-7(8)10(13)14/h1-5,13-14H. The predicted octanol–water partition coefficient (Wildman–Crippen LogP) is 0.629. The SMILES string of the molecule is OB(O)c1ccc(-c2cncs2)cc1F. The highest BCUT2D eigenvalue weighted by atomic mass is 32.1. The molecular formula is C9H7BFNO2S. The second kappa shape index (κ2) is 4.10. The van der Waals surface area contributed by atoms with Crippen LogP contribution in [-0.2, 0) is 0 Å². The predicted molar refractivity (Wildman–Crippen MR) is 57.3 cm³/mol. The lowest BCUT2D eigenvalue weighted by Gasteiger charge is -2.03. The molecule has 0 aliphatic carbocycles. The second-order valence-electron chi connectivity index (χ2n) is 2.98. The maximum atomic E-state index is 13.4. The van der Waals surface area contributed by atoms with Crippen molar-refractivity contribution in [1.29, 1.82) is 0 Å². The smallest absolute Gasteiger partial charge is 0.423 e. The minimum absolute atomic E-state index is 0.122. The molecule has 0 saturated carbocycles. The van der Waals surface area contributed by atoms with E-state index < -0.39 is 12.9 Å². The van der Waals surface area contributed by atoms with Crippen molar-refractivity contribution in [2.24, 2.45) is 0 Å². The Balaban J connectivity index is 2.42. The molecule has 0 aliphatic rings. The summed E-state index contributed by atoms with van der Waals surface area (Å²) in [6.45, 7) is 0. The van der Waals surface area contributed by atoms with Crippen LogP contribution in [0.2, 0.25) is 0 Å². The molecule has 2 rings (SSSR count). The third-order valence-corrected chi connectivity index (χ3v) is 2.82. The molecule has 1 heterocycles. The van der Waals surface area contributed by atoms with Gasteiger partial charge in [0.25, 0.3) is 0 Å². The van der Waals surface area contributed by atoms with E-state index in [4.69, 9.17) is 10.0 Å². The second-order valence-corrected chi connectivity index (χ2v) is 3.86. The van der Waals surface area contributed by atoms with Crippen molar-refractivity contribution < 1.29 is 14.4 Å². The van der Waals surface area contributed by atoms with E-state index in [9.17, 15) is 4.39 Å². The van der Waals surface area contributed by atoms with Crippen molar-refractivity contribution in [3.8, 4) is 10.4 Å². The van der Waals surface area contributed by atoms with Crippen molar-refractivity contribution >= 4 is 23.9 Å². The number of thiazole rings is 1. The largest absolute Gasteiger partial charge is 0.491 e. The normalized spacial score (nSPS) is 10.3. The highest BCUT2D eigenvalue weighted by Gasteiger charge is 2.16. The van der Waals surface area contributed by atoms with Gasteiger partial charge in [-0.15, -0.1) is 11.3 Å². The van der Waals surface area contributed by atoms with E-state index in [-0.39, 0.29) is 5.46 Å². The Morgan fingerprint density at radius 1 is 1.33 bits per heavy atom. The van der Waals surface area contributed by atoms with Crippen LogP contribution in [-0.4, -0.2) is 22.2 Å². The Morgan fingerprint density at radius 2 is 2.13 bits per heavy atom. The Kier molecular flexibility index (Phi) is 2.81. The van der Waals surface area contributed by atoms with Crippen molar-refractivity contribution in [2.45, 2.75) is 0 Å². The minimum Gasteiger partial charge on any atom is -0.423 e. The fourth-order valence-electron chi connectivity index (χ4n) is 1.25. The van der Waals surface area contributed by atoms with Gasteiger partial charge in [0, 0.05) is 11.7 Å². The molecule has 0 spiro atoms. The molecule has 1 aromatic carbocycles. The molecule has 0 atom stereocenters. The van der Waals surface area contributed by atoms with Gasteiger partial charge in [-0.05, 0) is 11.6 Å². The zero-order valence-electron chi connectivity index (χ0n) is 7.59. The molecule has 2 N–H and O–H groups in total. The van der Waals surface area contributed by atoms with Gasteiger partial charge < -0.3 is 10.0 Å². The summed E-state index contributed by atoms with van der Waals surface area (Å²) in [5.41, 5.74) is 2.21. The molecule has 0 aliphatic heterocycles. The zero-order chi connectivity index (χ0) is 10.8. The van der Waals surface area contributed by atoms with E-state index in [0.29, 0.717) is 5.56 Å². The summed E-state index contributed by atoms with van der Waals surface area (Å²) in [5, 5.41) is 17.7. The van der Waals surface area contributed by atoms with Crippen molar-refractivity contribution in [1.82, 2.24) is 4.98 Å². The van der Waals surface area contributed by atoms with Gasteiger partial charge in [-0.25, -0.2) is 4.39 Å². The Labute approximate surface area is 90.0 Å². The molecular weight excluding hydrogens is 216 g/mol. The van der Waals surface area contributed by atoms with Crippen molar-refractivity contribution in [2.75, 3.05) is 0 Å². The molecule has 2 aromatic rings. The van der Waals surface area contributed by atoms with Gasteiger partial charge in [0.1, 0.15) is 5.82 Å².